The molecule has 0 spiro atoms. The summed E-state index contributed by atoms with van der Waals surface area (Å²) < 4.78 is 36.9. The lowest BCUT2D eigenvalue weighted by Crippen LogP contribution is -2.03. The van der Waals surface area contributed by atoms with Crippen LogP contribution < -0.4 is 0 Å². The SMILES string of the molecule is CCCCCC#C/C(=C/C(F)(F)F)CCCCC. The summed E-state index contributed by atoms with van der Waals surface area (Å²) in [5.41, 5.74) is 0.229. The highest BCUT2D eigenvalue weighted by Crippen LogP contribution is 2.21. The Hall–Kier alpha value is -0.910. The molecule has 0 aromatic carbocycles. The third-order valence-electron chi connectivity index (χ3n) is 2.54. The van der Waals surface area contributed by atoms with Crippen LogP contribution in [0.25, 0.3) is 0 Å². The number of halogens is 3. The zero-order valence-electron chi connectivity index (χ0n) is 11.4. The zero-order chi connectivity index (χ0) is 13.9. The van der Waals surface area contributed by atoms with Crippen LogP contribution in [0.15, 0.2) is 11.6 Å². The van der Waals surface area contributed by atoms with Gasteiger partial charge >= 0.3 is 6.18 Å². The molecule has 0 saturated heterocycles. The minimum atomic E-state index is -4.25. The molecular weight excluding hydrogens is 237 g/mol. The van der Waals surface area contributed by atoms with Crippen LogP contribution in [0.5, 0.6) is 0 Å². The second kappa shape index (κ2) is 10.1. The van der Waals surface area contributed by atoms with E-state index in [1.165, 1.54) is 0 Å². The van der Waals surface area contributed by atoms with Crippen molar-refractivity contribution in [2.75, 3.05) is 0 Å². The number of allylic oxidation sites excluding steroid dienone is 2. The quantitative estimate of drug-likeness (QED) is 0.410. The average molecular weight is 260 g/mol. The second-order valence-corrected chi connectivity index (χ2v) is 4.43. The van der Waals surface area contributed by atoms with Crippen molar-refractivity contribution >= 4 is 0 Å². The van der Waals surface area contributed by atoms with E-state index >= 15 is 0 Å². The Morgan fingerprint density at radius 2 is 1.61 bits per heavy atom. The molecule has 0 fully saturated rings. The summed E-state index contributed by atoms with van der Waals surface area (Å²) in [6.07, 6.45) is 3.13. The van der Waals surface area contributed by atoms with Crippen LogP contribution in [0.2, 0.25) is 0 Å². The number of alkyl halides is 3. The first-order chi connectivity index (χ1) is 8.49. The van der Waals surface area contributed by atoms with Crippen molar-refractivity contribution in [1.82, 2.24) is 0 Å². The summed E-state index contributed by atoms with van der Waals surface area (Å²) in [5.74, 6) is 5.54. The van der Waals surface area contributed by atoms with E-state index in [2.05, 4.69) is 18.8 Å². The van der Waals surface area contributed by atoms with Crippen molar-refractivity contribution in [2.45, 2.75) is 71.4 Å². The zero-order valence-corrected chi connectivity index (χ0v) is 11.4. The van der Waals surface area contributed by atoms with Crippen molar-refractivity contribution in [3.63, 3.8) is 0 Å². The molecule has 0 radical (unpaired) electrons. The van der Waals surface area contributed by atoms with Gasteiger partial charge in [-0.2, -0.15) is 13.2 Å². The van der Waals surface area contributed by atoms with Crippen molar-refractivity contribution in [2.24, 2.45) is 0 Å². The maximum atomic E-state index is 12.3. The van der Waals surface area contributed by atoms with Gasteiger partial charge in [-0.3, -0.25) is 0 Å². The summed E-state index contributed by atoms with van der Waals surface area (Å²) in [4.78, 5) is 0. The number of unbranched alkanes of at least 4 members (excludes halogenated alkanes) is 5. The lowest BCUT2D eigenvalue weighted by atomic mass is 10.1. The van der Waals surface area contributed by atoms with Gasteiger partial charge in [-0.25, -0.2) is 0 Å². The van der Waals surface area contributed by atoms with Crippen molar-refractivity contribution in [1.29, 1.82) is 0 Å². The van der Waals surface area contributed by atoms with Crippen LogP contribution in [0.3, 0.4) is 0 Å². The van der Waals surface area contributed by atoms with Crippen LogP contribution in [0, 0.1) is 11.8 Å². The van der Waals surface area contributed by atoms with E-state index < -0.39 is 6.18 Å². The molecule has 18 heavy (non-hydrogen) atoms. The number of hydrogen-bond donors (Lipinski definition) is 0. The van der Waals surface area contributed by atoms with Crippen molar-refractivity contribution < 1.29 is 13.2 Å². The Kier molecular flexibility index (Phi) is 9.55. The molecule has 0 unspecified atom stereocenters. The molecule has 0 aliphatic carbocycles. The Labute approximate surface area is 109 Å². The maximum absolute atomic E-state index is 12.3. The molecule has 0 saturated carbocycles. The summed E-state index contributed by atoms with van der Waals surface area (Å²) in [6.45, 7) is 4.12. The van der Waals surface area contributed by atoms with Crippen LogP contribution in [-0.4, -0.2) is 6.18 Å². The van der Waals surface area contributed by atoms with Crippen LogP contribution in [-0.2, 0) is 0 Å². The van der Waals surface area contributed by atoms with Crippen molar-refractivity contribution in [3.05, 3.63) is 11.6 Å². The predicted molar refractivity (Wildman–Crippen MR) is 70.2 cm³/mol. The highest BCUT2D eigenvalue weighted by Gasteiger charge is 2.23. The topological polar surface area (TPSA) is 0 Å². The van der Waals surface area contributed by atoms with Gasteiger partial charge in [-0.1, -0.05) is 51.4 Å². The van der Waals surface area contributed by atoms with E-state index in [-0.39, 0.29) is 5.57 Å². The number of rotatable bonds is 7. The molecule has 0 aromatic heterocycles. The molecule has 0 aliphatic heterocycles. The lowest BCUT2D eigenvalue weighted by Gasteiger charge is -2.03. The van der Waals surface area contributed by atoms with Crippen LogP contribution >= 0.6 is 0 Å². The monoisotopic (exact) mass is 260 g/mol. The standard InChI is InChI=1S/C15H23F3/c1-3-5-7-8-10-12-14(11-9-6-4-2)13-15(16,17)18/h13H,3-9,11H2,1-2H3/b14-13+. The molecular formula is C15H23F3. The number of hydrogen-bond acceptors (Lipinski definition) is 0. The molecule has 104 valence electrons. The highest BCUT2D eigenvalue weighted by atomic mass is 19.4. The molecule has 0 aromatic rings. The summed E-state index contributed by atoms with van der Waals surface area (Å²) in [6, 6.07) is 0. The Balaban J connectivity index is 4.33. The molecule has 3 heteroatoms. The molecule has 0 aliphatic rings. The van der Waals surface area contributed by atoms with Gasteiger partial charge in [0.25, 0.3) is 0 Å². The molecule has 0 rings (SSSR count). The summed E-state index contributed by atoms with van der Waals surface area (Å²) in [5, 5.41) is 0. The van der Waals surface area contributed by atoms with Gasteiger partial charge in [-0.15, -0.1) is 0 Å². The normalized spacial score (nSPS) is 12.2. The minimum Gasteiger partial charge on any atom is -0.167 e. The maximum Gasteiger partial charge on any atom is 0.410 e. The van der Waals surface area contributed by atoms with Crippen molar-refractivity contribution in [3.8, 4) is 11.8 Å². The van der Waals surface area contributed by atoms with Gasteiger partial charge in [0.1, 0.15) is 0 Å². The molecule has 0 amide bonds. The van der Waals surface area contributed by atoms with Gasteiger partial charge in [-0.05, 0) is 19.3 Å². The van der Waals surface area contributed by atoms with Gasteiger partial charge < -0.3 is 0 Å². The fourth-order valence-corrected chi connectivity index (χ4v) is 1.57. The first-order valence-corrected chi connectivity index (χ1v) is 6.77. The molecule has 0 heterocycles. The Morgan fingerprint density at radius 3 is 2.17 bits per heavy atom. The van der Waals surface area contributed by atoms with E-state index in [1.54, 1.807) is 0 Å². The van der Waals surface area contributed by atoms with Gasteiger partial charge in [0.05, 0.1) is 0 Å². The average Bonchev–Trinajstić information content (AvgIpc) is 2.27. The van der Waals surface area contributed by atoms with E-state index in [0.717, 1.165) is 38.5 Å². The largest absolute Gasteiger partial charge is 0.410 e. The van der Waals surface area contributed by atoms with E-state index in [9.17, 15) is 13.2 Å². The highest BCUT2D eigenvalue weighted by molar-refractivity contribution is 5.29. The van der Waals surface area contributed by atoms with Gasteiger partial charge in [0, 0.05) is 18.1 Å². The fourth-order valence-electron chi connectivity index (χ4n) is 1.57. The fraction of sp³-hybridized carbons (Fsp3) is 0.733. The Bertz CT molecular complexity index is 289. The first kappa shape index (κ1) is 17.1. The van der Waals surface area contributed by atoms with Crippen LogP contribution in [0.1, 0.15) is 65.2 Å². The third-order valence-corrected chi connectivity index (χ3v) is 2.54. The van der Waals surface area contributed by atoms with E-state index in [0.29, 0.717) is 18.9 Å². The summed E-state index contributed by atoms with van der Waals surface area (Å²) in [7, 11) is 0. The molecule has 0 bridgehead atoms. The summed E-state index contributed by atoms with van der Waals surface area (Å²) >= 11 is 0. The molecule has 0 N–H and O–H groups in total. The smallest absolute Gasteiger partial charge is 0.167 e. The van der Waals surface area contributed by atoms with Gasteiger partial charge in [0.15, 0.2) is 0 Å². The predicted octanol–water partition coefficient (Wildman–Crippen LogP) is 5.64. The first-order valence-electron chi connectivity index (χ1n) is 6.77. The van der Waals surface area contributed by atoms with E-state index in [4.69, 9.17) is 0 Å². The second-order valence-electron chi connectivity index (χ2n) is 4.43. The van der Waals surface area contributed by atoms with Crippen LogP contribution in [0.4, 0.5) is 13.2 Å². The Morgan fingerprint density at radius 1 is 1.00 bits per heavy atom. The van der Waals surface area contributed by atoms with Gasteiger partial charge in [0.2, 0.25) is 0 Å². The lowest BCUT2D eigenvalue weighted by molar-refractivity contribution is -0.0804. The minimum absolute atomic E-state index is 0.229. The molecule has 0 nitrogen and oxygen atoms in total. The van der Waals surface area contributed by atoms with E-state index in [1.807, 2.05) is 6.92 Å². The third kappa shape index (κ3) is 11.6. The molecule has 0 atom stereocenters.